The Morgan fingerprint density at radius 3 is 2.27 bits per heavy atom. The van der Waals surface area contributed by atoms with E-state index in [0.717, 1.165) is 42.9 Å². The van der Waals surface area contributed by atoms with Crippen LogP contribution in [0.4, 0.5) is 11.4 Å². The minimum atomic E-state index is -0.0931. The van der Waals surface area contributed by atoms with Gasteiger partial charge in [0.25, 0.3) is 0 Å². The molecule has 30 heavy (non-hydrogen) atoms. The van der Waals surface area contributed by atoms with Crippen LogP contribution in [0.25, 0.3) is 0 Å². The third-order valence-electron chi connectivity index (χ3n) is 5.10. The lowest BCUT2D eigenvalue weighted by atomic mass is 10.0. The number of nitrogens with zero attached hydrogens (tertiary/aromatic N) is 1. The van der Waals surface area contributed by atoms with Crippen molar-refractivity contribution in [2.45, 2.75) is 25.8 Å². The monoisotopic (exact) mass is 427 g/mol. The molecule has 0 atom stereocenters. The van der Waals surface area contributed by atoms with Crippen molar-refractivity contribution in [1.82, 2.24) is 5.32 Å². The number of hydrogen-bond donors (Lipinski definition) is 2. The number of aryl methyl sites for hydroxylation is 1. The van der Waals surface area contributed by atoms with Gasteiger partial charge in [0.1, 0.15) is 5.75 Å². The average molecular weight is 428 g/mol. The van der Waals surface area contributed by atoms with Crippen molar-refractivity contribution >= 4 is 35.0 Å². The summed E-state index contributed by atoms with van der Waals surface area (Å²) in [6, 6.07) is 15.9. The van der Waals surface area contributed by atoms with Gasteiger partial charge in [-0.05, 0) is 56.2 Å². The molecule has 1 aliphatic heterocycles. The van der Waals surface area contributed by atoms with Crippen LogP contribution in [0.5, 0.6) is 5.75 Å². The van der Waals surface area contributed by atoms with E-state index in [9.17, 15) is 9.59 Å². The Balaban J connectivity index is 1.32. The number of thioether (sulfide) groups is 1. The summed E-state index contributed by atoms with van der Waals surface area (Å²) in [5.74, 6) is 1.30. The number of piperidine rings is 1. The van der Waals surface area contributed by atoms with Gasteiger partial charge in [0.05, 0.1) is 18.6 Å². The Morgan fingerprint density at radius 2 is 1.63 bits per heavy atom. The first-order chi connectivity index (χ1) is 14.5. The maximum atomic E-state index is 12.2. The highest BCUT2D eigenvalue weighted by Gasteiger charge is 2.21. The Morgan fingerprint density at radius 1 is 1.00 bits per heavy atom. The molecule has 0 aliphatic carbocycles. The van der Waals surface area contributed by atoms with E-state index in [1.165, 1.54) is 17.4 Å². The number of amides is 2. The summed E-state index contributed by atoms with van der Waals surface area (Å²) in [7, 11) is 1.66. The van der Waals surface area contributed by atoms with Gasteiger partial charge in [-0.1, -0.05) is 17.7 Å². The van der Waals surface area contributed by atoms with Crippen molar-refractivity contribution in [1.29, 1.82) is 0 Å². The highest BCUT2D eigenvalue weighted by atomic mass is 32.2. The third kappa shape index (κ3) is 6.69. The fourth-order valence-corrected chi connectivity index (χ4v) is 4.04. The molecule has 2 aromatic rings. The predicted molar refractivity (Wildman–Crippen MR) is 124 cm³/mol. The molecule has 0 aromatic heterocycles. The standard InChI is InChI=1S/C23H29N3O3S/c1-17-3-5-18(6-4-17)24-22(27)15-30-16-23(28)25-19-11-13-26(14-12-19)20-7-9-21(29-2)10-8-20/h3-10,19H,11-16H2,1-2H3,(H,24,27)(H,25,28). The summed E-state index contributed by atoms with van der Waals surface area (Å²) >= 11 is 1.33. The van der Waals surface area contributed by atoms with E-state index in [1.807, 2.05) is 43.3 Å². The number of anilines is 2. The predicted octanol–water partition coefficient (Wildman–Crippen LogP) is 3.46. The lowest BCUT2D eigenvalue weighted by Crippen LogP contribution is -2.45. The minimum Gasteiger partial charge on any atom is -0.497 e. The Bertz CT molecular complexity index is 832. The second-order valence-corrected chi connectivity index (χ2v) is 8.42. The molecule has 0 unspecified atom stereocenters. The van der Waals surface area contributed by atoms with Gasteiger partial charge in [-0.15, -0.1) is 11.8 Å². The summed E-state index contributed by atoms with van der Waals surface area (Å²) < 4.78 is 5.21. The van der Waals surface area contributed by atoms with Gasteiger partial charge in [0.15, 0.2) is 0 Å². The highest BCUT2D eigenvalue weighted by Crippen LogP contribution is 2.23. The fourth-order valence-electron chi connectivity index (χ4n) is 3.41. The van der Waals surface area contributed by atoms with Crippen molar-refractivity contribution in [3.8, 4) is 5.75 Å². The maximum absolute atomic E-state index is 12.2. The molecule has 0 bridgehead atoms. The first-order valence-electron chi connectivity index (χ1n) is 10.2. The van der Waals surface area contributed by atoms with E-state index in [2.05, 4.69) is 27.7 Å². The van der Waals surface area contributed by atoms with Crippen LogP contribution < -0.4 is 20.3 Å². The number of methoxy groups -OCH3 is 1. The lowest BCUT2D eigenvalue weighted by Gasteiger charge is -2.34. The molecular weight excluding hydrogens is 398 g/mol. The number of carbonyl (C=O) groups is 2. The number of rotatable bonds is 8. The summed E-state index contributed by atoms with van der Waals surface area (Å²) in [5, 5.41) is 5.95. The molecule has 6 nitrogen and oxygen atoms in total. The molecule has 0 spiro atoms. The Kier molecular flexibility index (Phi) is 8.02. The molecule has 3 rings (SSSR count). The number of benzene rings is 2. The van der Waals surface area contributed by atoms with E-state index >= 15 is 0 Å². The molecule has 2 N–H and O–H groups in total. The van der Waals surface area contributed by atoms with Gasteiger partial charge >= 0.3 is 0 Å². The van der Waals surface area contributed by atoms with Gasteiger partial charge in [0, 0.05) is 30.5 Å². The summed E-state index contributed by atoms with van der Waals surface area (Å²) in [4.78, 5) is 26.5. The Hall–Kier alpha value is -2.67. The molecular formula is C23H29N3O3S. The van der Waals surface area contributed by atoms with Crippen LogP contribution in [0.2, 0.25) is 0 Å². The van der Waals surface area contributed by atoms with Crippen LogP contribution in [0.1, 0.15) is 18.4 Å². The van der Waals surface area contributed by atoms with E-state index in [4.69, 9.17) is 4.74 Å². The summed E-state index contributed by atoms with van der Waals surface area (Å²) in [5.41, 5.74) is 3.10. The molecule has 1 heterocycles. The average Bonchev–Trinajstić information content (AvgIpc) is 2.76. The maximum Gasteiger partial charge on any atom is 0.234 e. The van der Waals surface area contributed by atoms with Crippen LogP contribution in [-0.2, 0) is 9.59 Å². The number of hydrogen-bond acceptors (Lipinski definition) is 5. The Labute approximate surface area is 182 Å². The van der Waals surface area contributed by atoms with Gasteiger partial charge in [-0.3, -0.25) is 9.59 Å². The normalized spacial score (nSPS) is 14.3. The zero-order chi connectivity index (χ0) is 21.3. The molecule has 2 amide bonds. The zero-order valence-corrected chi connectivity index (χ0v) is 18.3. The summed E-state index contributed by atoms with van der Waals surface area (Å²) in [6.07, 6.45) is 1.83. The zero-order valence-electron chi connectivity index (χ0n) is 17.5. The number of ether oxygens (including phenoxy) is 1. The number of carbonyl (C=O) groups excluding carboxylic acids is 2. The van der Waals surface area contributed by atoms with Crippen LogP contribution in [0, 0.1) is 6.92 Å². The molecule has 1 saturated heterocycles. The SMILES string of the molecule is COc1ccc(N2CCC(NC(=O)CSCC(=O)Nc3ccc(C)cc3)CC2)cc1. The van der Waals surface area contributed by atoms with Gasteiger partial charge in [0.2, 0.25) is 11.8 Å². The molecule has 160 valence electrons. The van der Waals surface area contributed by atoms with Gasteiger partial charge in [-0.2, -0.15) is 0 Å². The van der Waals surface area contributed by atoms with E-state index in [1.54, 1.807) is 7.11 Å². The highest BCUT2D eigenvalue weighted by molar-refractivity contribution is 8.00. The first-order valence-corrected chi connectivity index (χ1v) is 11.3. The summed E-state index contributed by atoms with van der Waals surface area (Å²) in [6.45, 7) is 3.82. The van der Waals surface area contributed by atoms with Crippen LogP contribution in [0.15, 0.2) is 48.5 Å². The minimum absolute atomic E-state index is 0.00830. The largest absolute Gasteiger partial charge is 0.497 e. The van der Waals surface area contributed by atoms with Crippen LogP contribution in [0.3, 0.4) is 0 Å². The molecule has 0 radical (unpaired) electrons. The van der Waals surface area contributed by atoms with Crippen molar-refractivity contribution in [2.75, 3.05) is 41.9 Å². The van der Waals surface area contributed by atoms with Crippen LogP contribution >= 0.6 is 11.8 Å². The smallest absolute Gasteiger partial charge is 0.234 e. The van der Waals surface area contributed by atoms with Crippen molar-refractivity contribution < 1.29 is 14.3 Å². The van der Waals surface area contributed by atoms with Crippen molar-refractivity contribution in [3.05, 3.63) is 54.1 Å². The van der Waals surface area contributed by atoms with Gasteiger partial charge < -0.3 is 20.3 Å². The molecule has 1 aliphatic rings. The lowest BCUT2D eigenvalue weighted by molar-refractivity contribution is -0.119. The van der Waals surface area contributed by atoms with Crippen molar-refractivity contribution in [2.24, 2.45) is 0 Å². The molecule has 7 heteroatoms. The number of nitrogens with one attached hydrogen (secondary N) is 2. The molecule has 2 aromatic carbocycles. The van der Waals surface area contributed by atoms with E-state index in [-0.39, 0.29) is 23.6 Å². The quantitative estimate of drug-likeness (QED) is 0.675. The van der Waals surface area contributed by atoms with E-state index in [0.29, 0.717) is 5.75 Å². The second kappa shape index (κ2) is 10.9. The topological polar surface area (TPSA) is 70.7 Å². The van der Waals surface area contributed by atoms with Crippen molar-refractivity contribution in [3.63, 3.8) is 0 Å². The third-order valence-corrected chi connectivity index (χ3v) is 6.03. The molecule has 1 fully saturated rings. The van der Waals surface area contributed by atoms with Crippen LogP contribution in [-0.4, -0.2) is 49.6 Å². The second-order valence-electron chi connectivity index (χ2n) is 7.43. The van der Waals surface area contributed by atoms with Gasteiger partial charge in [-0.25, -0.2) is 0 Å². The fraction of sp³-hybridized carbons (Fsp3) is 0.391. The first kappa shape index (κ1) is 22.0. The van der Waals surface area contributed by atoms with E-state index < -0.39 is 0 Å². The molecule has 0 saturated carbocycles.